The van der Waals surface area contributed by atoms with E-state index in [9.17, 15) is 13.2 Å². The van der Waals surface area contributed by atoms with Gasteiger partial charge in [-0.2, -0.15) is 17.0 Å². The lowest BCUT2D eigenvalue weighted by molar-refractivity contribution is -0.00228. The van der Waals surface area contributed by atoms with Crippen LogP contribution in [0.4, 0.5) is 0 Å². The number of nitrogens with zero attached hydrogens (tertiary/aromatic N) is 3. The first kappa shape index (κ1) is 19.2. The van der Waals surface area contributed by atoms with Gasteiger partial charge in [-0.25, -0.2) is 0 Å². The number of aromatic nitrogens is 1. The molecule has 10 heteroatoms. The molecule has 7 rings (SSSR count). The predicted molar refractivity (Wildman–Crippen MR) is 106 cm³/mol. The molecule has 1 saturated carbocycles. The van der Waals surface area contributed by atoms with E-state index in [1.165, 1.54) is 12.8 Å². The van der Waals surface area contributed by atoms with E-state index in [0.29, 0.717) is 56.7 Å². The van der Waals surface area contributed by atoms with Crippen molar-refractivity contribution in [2.45, 2.75) is 62.6 Å². The number of hydrogen-bond acceptors (Lipinski definition) is 6. The van der Waals surface area contributed by atoms with E-state index in [-0.39, 0.29) is 35.6 Å². The molecule has 6 aliphatic rings. The van der Waals surface area contributed by atoms with Gasteiger partial charge < -0.3 is 14.6 Å². The Morgan fingerprint density at radius 2 is 1.73 bits per heavy atom. The maximum absolute atomic E-state index is 13.4. The fraction of sp³-hybridized carbons (Fsp3) is 0.800. The average molecular weight is 437 g/mol. The Hall–Kier alpha value is -1.49. The van der Waals surface area contributed by atoms with Crippen molar-refractivity contribution >= 4 is 16.1 Å². The molecule has 164 valence electrons. The zero-order valence-electron chi connectivity index (χ0n) is 16.9. The van der Waals surface area contributed by atoms with E-state index in [0.717, 1.165) is 12.8 Å². The summed E-state index contributed by atoms with van der Waals surface area (Å²) in [5.74, 6) is 1.72. The highest BCUT2D eigenvalue weighted by atomic mass is 32.2. The van der Waals surface area contributed by atoms with Gasteiger partial charge in [0.15, 0.2) is 5.69 Å². The number of rotatable bonds is 5. The highest BCUT2D eigenvalue weighted by Crippen LogP contribution is 2.44. The third-order valence-corrected chi connectivity index (χ3v) is 9.73. The van der Waals surface area contributed by atoms with Gasteiger partial charge in [-0.05, 0) is 50.4 Å². The van der Waals surface area contributed by atoms with E-state index in [4.69, 9.17) is 9.26 Å². The van der Waals surface area contributed by atoms with Crippen LogP contribution in [0, 0.1) is 11.8 Å². The van der Waals surface area contributed by atoms with Crippen LogP contribution in [0.1, 0.15) is 60.7 Å². The van der Waals surface area contributed by atoms with Crippen molar-refractivity contribution in [3.05, 3.63) is 17.5 Å². The number of nitrogens with one attached hydrogen (secondary N) is 1. The van der Waals surface area contributed by atoms with E-state index in [1.54, 1.807) is 14.7 Å². The molecule has 30 heavy (non-hydrogen) atoms. The quantitative estimate of drug-likeness (QED) is 0.741. The van der Waals surface area contributed by atoms with E-state index in [2.05, 4.69) is 10.5 Å². The third-order valence-electron chi connectivity index (χ3n) is 7.65. The van der Waals surface area contributed by atoms with Crippen molar-refractivity contribution < 1.29 is 22.5 Å². The summed E-state index contributed by atoms with van der Waals surface area (Å²) in [7, 11) is -3.42. The lowest BCUT2D eigenvalue weighted by Crippen LogP contribution is -2.59. The van der Waals surface area contributed by atoms with Crippen LogP contribution in [-0.2, 0) is 14.9 Å². The minimum Gasteiger partial charge on any atom is -0.380 e. The zero-order chi connectivity index (χ0) is 20.5. The first-order valence-electron chi connectivity index (χ1n) is 11.1. The molecule has 0 spiro atoms. The standard InChI is InChI=1S/C20H28N4O5S/c25-20(18-7-19(29-22-18)14-10-28-11-14)21-15-5-16-1-2-17(6-15)24(16)30(26,27)23-8-12-3-13(4-12)9-23/h7,12-17H,1-6,8-11H2,(H,21,25). The lowest BCUT2D eigenvalue weighted by atomic mass is 9.72. The predicted octanol–water partition coefficient (Wildman–Crippen LogP) is 1.10. The Bertz CT molecular complexity index is 915. The summed E-state index contributed by atoms with van der Waals surface area (Å²) in [6.07, 6.45) is 5.42. The van der Waals surface area contributed by atoms with Crippen LogP contribution in [0.15, 0.2) is 10.6 Å². The first-order valence-corrected chi connectivity index (χ1v) is 12.5. The van der Waals surface area contributed by atoms with Crippen LogP contribution in [0.5, 0.6) is 0 Å². The van der Waals surface area contributed by atoms with Crippen molar-refractivity contribution in [3.8, 4) is 0 Å². The molecule has 1 aromatic rings. The van der Waals surface area contributed by atoms with Gasteiger partial charge in [0.25, 0.3) is 16.1 Å². The largest absolute Gasteiger partial charge is 0.380 e. The lowest BCUT2D eigenvalue weighted by Gasteiger charge is -2.49. The molecule has 6 heterocycles. The molecule has 1 N–H and O–H groups in total. The molecule has 9 nitrogen and oxygen atoms in total. The zero-order valence-corrected chi connectivity index (χ0v) is 17.7. The maximum atomic E-state index is 13.4. The second kappa shape index (κ2) is 7.01. The van der Waals surface area contributed by atoms with Crippen LogP contribution in [0.2, 0.25) is 0 Å². The molecule has 5 aliphatic heterocycles. The molecule has 0 radical (unpaired) electrons. The van der Waals surface area contributed by atoms with Gasteiger partial charge in [0, 0.05) is 37.3 Å². The summed E-state index contributed by atoms with van der Waals surface area (Å²) in [6.45, 7) is 2.56. The normalized spacial score (nSPS) is 36.9. The summed E-state index contributed by atoms with van der Waals surface area (Å²) < 4.78 is 40.6. The number of carbonyl (C=O) groups excluding carboxylic acids is 1. The molecule has 5 saturated heterocycles. The summed E-state index contributed by atoms with van der Waals surface area (Å²) in [6, 6.07) is 1.59. The topological polar surface area (TPSA) is 105 Å². The molecule has 6 fully saturated rings. The molecule has 4 bridgehead atoms. The average Bonchev–Trinajstić information content (AvgIpc) is 3.24. The van der Waals surface area contributed by atoms with Gasteiger partial charge >= 0.3 is 0 Å². The Morgan fingerprint density at radius 3 is 2.33 bits per heavy atom. The SMILES string of the molecule is O=C(NC1CC2CCC(C1)N2S(=O)(=O)N1CC2CC(C2)C1)c1cc(C2COC2)on1. The molecule has 1 aromatic heterocycles. The number of ether oxygens (including phenoxy) is 1. The van der Waals surface area contributed by atoms with Gasteiger partial charge in [0.2, 0.25) is 0 Å². The van der Waals surface area contributed by atoms with Gasteiger partial charge in [-0.3, -0.25) is 4.79 Å². The summed E-state index contributed by atoms with van der Waals surface area (Å²) in [4.78, 5) is 12.7. The maximum Gasteiger partial charge on any atom is 0.282 e. The fourth-order valence-electron chi connectivity index (χ4n) is 6.02. The van der Waals surface area contributed by atoms with Crippen molar-refractivity contribution in [3.63, 3.8) is 0 Å². The van der Waals surface area contributed by atoms with Crippen LogP contribution >= 0.6 is 0 Å². The third kappa shape index (κ3) is 3.11. The molecule has 0 aromatic carbocycles. The Balaban J connectivity index is 1.11. The van der Waals surface area contributed by atoms with Crippen LogP contribution < -0.4 is 5.32 Å². The second-order valence-corrected chi connectivity index (χ2v) is 11.6. The Labute approximate surface area is 176 Å². The van der Waals surface area contributed by atoms with E-state index in [1.807, 2.05) is 0 Å². The molecular weight excluding hydrogens is 408 g/mol. The molecular formula is C20H28N4O5S. The highest BCUT2D eigenvalue weighted by Gasteiger charge is 2.51. The molecule has 2 unspecified atom stereocenters. The van der Waals surface area contributed by atoms with Gasteiger partial charge in [-0.15, -0.1) is 0 Å². The van der Waals surface area contributed by atoms with Gasteiger partial charge in [0.05, 0.1) is 19.1 Å². The summed E-state index contributed by atoms with van der Waals surface area (Å²) in [5, 5.41) is 6.97. The monoisotopic (exact) mass is 436 g/mol. The summed E-state index contributed by atoms with van der Waals surface area (Å²) in [5.41, 5.74) is 0.284. The number of hydrogen-bond donors (Lipinski definition) is 1. The van der Waals surface area contributed by atoms with Crippen molar-refractivity contribution in [2.24, 2.45) is 11.8 Å². The van der Waals surface area contributed by atoms with Crippen molar-refractivity contribution in [1.29, 1.82) is 0 Å². The fourth-order valence-corrected chi connectivity index (χ4v) is 8.22. The van der Waals surface area contributed by atoms with Gasteiger partial charge in [0.1, 0.15) is 5.76 Å². The van der Waals surface area contributed by atoms with Gasteiger partial charge in [-0.1, -0.05) is 5.16 Å². The Kier molecular flexibility index (Phi) is 4.49. The van der Waals surface area contributed by atoms with Crippen molar-refractivity contribution in [1.82, 2.24) is 19.1 Å². The molecule has 1 amide bonds. The minimum absolute atomic E-state index is 0.0303. The molecule has 1 aliphatic carbocycles. The second-order valence-electron chi connectivity index (χ2n) is 9.73. The molecule has 2 atom stereocenters. The van der Waals surface area contributed by atoms with Crippen LogP contribution in [0.25, 0.3) is 0 Å². The number of piperidine rings is 3. The van der Waals surface area contributed by atoms with Crippen LogP contribution in [-0.4, -0.2) is 72.5 Å². The number of fused-ring (bicyclic) bond motifs is 4. The number of amides is 1. The highest BCUT2D eigenvalue weighted by molar-refractivity contribution is 7.86. The van der Waals surface area contributed by atoms with Crippen molar-refractivity contribution in [2.75, 3.05) is 26.3 Å². The number of carbonyl (C=O) groups is 1. The minimum atomic E-state index is -3.42. The van der Waals surface area contributed by atoms with Crippen LogP contribution in [0.3, 0.4) is 0 Å². The van der Waals surface area contributed by atoms with E-state index >= 15 is 0 Å². The first-order chi connectivity index (χ1) is 14.5. The Morgan fingerprint density at radius 1 is 1.07 bits per heavy atom. The summed E-state index contributed by atoms with van der Waals surface area (Å²) >= 11 is 0. The smallest absolute Gasteiger partial charge is 0.282 e. The van der Waals surface area contributed by atoms with E-state index < -0.39 is 10.2 Å².